The predicted molar refractivity (Wildman–Crippen MR) is 463 cm³/mol. The van der Waals surface area contributed by atoms with Crippen molar-refractivity contribution in [2.24, 2.45) is 10.8 Å². The largest absolute Gasteiger partial charge is 0.481 e. The highest BCUT2D eigenvalue weighted by Gasteiger charge is 2.34. The lowest BCUT2D eigenvalue weighted by atomic mass is 9.84. The smallest absolute Gasteiger partial charge is 0.373 e. The molecule has 0 radical (unpaired) electrons. The first-order valence-electron chi connectivity index (χ1n) is 39.9. The highest BCUT2D eigenvalue weighted by atomic mass is 16.5. The summed E-state index contributed by atoms with van der Waals surface area (Å²) in [5, 5.41) is 214. The maximum absolute atomic E-state index is 11.4. The summed E-state index contributed by atoms with van der Waals surface area (Å²) >= 11 is 0. The maximum Gasteiger partial charge on any atom is 0.373 e. The van der Waals surface area contributed by atoms with E-state index in [0.717, 1.165) is 44.8 Å². The van der Waals surface area contributed by atoms with E-state index in [0.29, 0.717) is 42.7 Å². The molecule has 0 aliphatic rings. The summed E-state index contributed by atoms with van der Waals surface area (Å²) < 4.78 is 0. The minimum Gasteiger partial charge on any atom is -0.481 e. The predicted octanol–water partition coefficient (Wildman–Crippen LogP) is 4.38. The quantitative estimate of drug-likeness (QED) is 0.0244. The van der Waals surface area contributed by atoms with Gasteiger partial charge in [0.05, 0.1) is 26.2 Å². The summed E-state index contributed by atoms with van der Waals surface area (Å²) in [5.41, 5.74) is -3.60. The van der Waals surface area contributed by atoms with Gasteiger partial charge in [0, 0.05) is 73.0 Å². The van der Waals surface area contributed by atoms with Gasteiger partial charge in [0.15, 0.2) is 29.7 Å². The van der Waals surface area contributed by atoms with Gasteiger partial charge in [-0.15, -0.1) is 0 Å². The number of allylic oxidation sites excluding steroid dienone is 3. The van der Waals surface area contributed by atoms with Crippen LogP contribution < -0.4 is 0 Å². The lowest BCUT2D eigenvalue weighted by molar-refractivity contribution is -0.193. The van der Waals surface area contributed by atoms with E-state index >= 15 is 0 Å². The second-order valence-electron chi connectivity index (χ2n) is 27.3. The van der Waals surface area contributed by atoms with Crippen LogP contribution in [0.2, 0.25) is 0 Å². The number of carbonyl (C=O) groups excluding carboxylic acids is 9. The van der Waals surface area contributed by atoms with Crippen LogP contribution in [0.4, 0.5) is 0 Å². The first-order chi connectivity index (χ1) is 62.8. The van der Waals surface area contributed by atoms with Crippen LogP contribution in [0.25, 0.3) is 0 Å². The van der Waals surface area contributed by atoms with Crippen LogP contribution in [-0.4, -0.2) is 315 Å². The van der Waals surface area contributed by atoms with Crippen molar-refractivity contribution in [3.05, 3.63) is 97.2 Å². The minimum absolute atomic E-state index is 0.0247. The number of hydrogen-bond acceptors (Lipinski definition) is 35. The summed E-state index contributed by atoms with van der Waals surface area (Å²) in [4.78, 5) is 233. The Bertz CT molecular complexity index is 3490. The van der Waals surface area contributed by atoms with Crippen molar-refractivity contribution in [3.8, 4) is 0 Å². The van der Waals surface area contributed by atoms with E-state index in [4.69, 9.17) is 166 Å². The monoisotopic (exact) mass is 1970 g/mol. The molecule has 0 aromatic heterocycles. The third-order valence-electron chi connectivity index (χ3n) is 14.1. The molecule has 51 nitrogen and oxygen atoms in total. The molecule has 51 heteroatoms. The number of Topliss-reactive ketones (excluding diaryl/α,β-unsaturated/α-hetero) is 1. The number of aliphatic hydroxyl groups excluding tert-OH is 9. The number of carboxylic acids is 16. The number of ketones is 1. The van der Waals surface area contributed by atoms with E-state index in [1.54, 1.807) is 56.3 Å². The highest BCUT2D eigenvalue weighted by molar-refractivity contribution is 5.90. The Hall–Kier alpha value is -13.8. The topological polar surface area (TPSA) is 953 Å². The Morgan fingerprint density at radius 1 is 0.353 bits per heavy atom. The van der Waals surface area contributed by atoms with Gasteiger partial charge in [-0.05, 0) is 52.5 Å². The van der Waals surface area contributed by atoms with Crippen LogP contribution in [0.5, 0.6) is 0 Å². The number of aliphatic hydroxyl groups is 10. The SMILES string of the molecule is C/C=C/C=C/C(=O)O.C=CC(=O)O.CC(C)(CO)[C@@H](O)C(=O)CCCC(=O)O.CC(C)(CO)[C@@H](O)C(=O)O.CC(O)(CC(=O)O)C(=O)O.CCCCCCCC(=O)O.CCCCCCCCCCCCCCCCCC(=O)O.C[C@H](O)C(=O)O.C[C@H](O)C(=O)O.O=C(O)/C=C\C(=O)O.O=C(O)/C=C\C(=O)O.O=C(O)[C@@H](O)CO.O=C(O)[C@@H](O)c1ccccc1.O=C=O.O=C=O.O=C=O.O=C=O. The van der Waals surface area contributed by atoms with Crippen molar-refractivity contribution in [3.63, 3.8) is 0 Å². The molecule has 0 amide bonds. The number of aliphatic carboxylic acids is 16. The molecule has 0 spiro atoms. The number of rotatable bonds is 48. The molecule has 782 valence electrons. The van der Waals surface area contributed by atoms with Gasteiger partial charge in [-0.2, -0.15) is 38.4 Å². The molecule has 1 aromatic rings. The third kappa shape index (κ3) is 170. The first-order valence-corrected chi connectivity index (χ1v) is 39.9. The number of hydrogen-bond donors (Lipinski definition) is 26. The fourth-order valence-corrected chi connectivity index (χ4v) is 6.78. The summed E-state index contributed by atoms with van der Waals surface area (Å²) in [7, 11) is 0. The Balaban J connectivity index is -0.0000000823. The Kier molecular flexibility index (Phi) is 135. The molecule has 1 unspecified atom stereocenters. The summed E-state index contributed by atoms with van der Waals surface area (Å²) in [5.74, 6) is -18.8. The molecule has 7 atom stereocenters. The molecule has 0 aliphatic heterocycles. The zero-order valence-electron chi connectivity index (χ0n) is 77.1. The number of carbonyl (C=O) groups is 17. The average molecular weight is 1970 g/mol. The van der Waals surface area contributed by atoms with E-state index in [9.17, 15) is 86.6 Å². The lowest BCUT2D eigenvalue weighted by Gasteiger charge is -2.26. The molecule has 1 aromatic carbocycles. The number of carboxylic acid groups (broad SMARTS) is 16. The molecule has 0 saturated carbocycles. The second-order valence-corrected chi connectivity index (χ2v) is 27.3. The molecule has 0 saturated heterocycles. The molecule has 0 heterocycles. The Morgan fingerprint density at radius 3 is 0.779 bits per heavy atom. The maximum atomic E-state index is 11.4. The van der Waals surface area contributed by atoms with E-state index < -0.39 is 167 Å². The zero-order valence-corrected chi connectivity index (χ0v) is 77.1. The van der Waals surface area contributed by atoms with E-state index in [2.05, 4.69) is 20.4 Å². The van der Waals surface area contributed by atoms with Crippen molar-refractivity contribution in [1.82, 2.24) is 0 Å². The summed E-state index contributed by atoms with van der Waals surface area (Å²) in [6.45, 7) is 17.3. The molecule has 1 rings (SSSR count). The second kappa shape index (κ2) is 115. The van der Waals surface area contributed by atoms with Crippen LogP contribution in [0.15, 0.2) is 91.6 Å². The van der Waals surface area contributed by atoms with Gasteiger partial charge in [-0.1, -0.05) is 212 Å². The van der Waals surface area contributed by atoms with Crippen molar-refractivity contribution >= 4 is 126 Å². The molecule has 0 bridgehead atoms. The summed E-state index contributed by atoms with van der Waals surface area (Å²) in [6, 6.07) is 8.26. The van der Waals surface area contributed by atoms with Gasteiger partial charge in [0.1, 0.15) is 18.3 Å². The van der Waals surface area contributed by atoms with Crippen molar-refractivity contribution in [2.45, 2.75) is 278 Å². The van der Waals surface area contributed by atoms with Crippen LogP contribution in [0.3, 0.4) is 0 Å². The molecule has 26 N–H and O–H groups in total. The number of benzene rings is 1. The van der Waals surface area contributed by atoms with Crippen LogP contribution >= 0.6 is 0 Å². The molecular weight excluding hydrogens is 1840 g/mol. The van der Waals surface area contributed by atoms with Gasteiger partial charge < -0.3 is 133 Å². The van der Waals surface area contributed by atoms with Gasteiger partial charge in [-0.3, -0.25) is 24.0 Å². The molecule has 0 fully saturated rings. The van der Waals surface area contributed by atoms with Crippen molar-refractivity contribution in [2.75, 3.05) is 19.8 Å². The van der Waals surface area contributed by atoms with E-state index in [1.165, 1.54) is 137 Å². The van der Waals surface area contributed by atoms with Crippen LogP contribution in [0.1, 0.15) is 248 Å². The average Bonchev–Trinajstić information content (AvgIpc) is 0.858. The standard InChI is InChI=1S/C18H36O2.C10H18O5.C8H8O3.C8H16O2.C6H12O4.C6H8O2.C5H8O5.2C4H4O4.C3H6O4.2C3H6O3.C3H4O2.4CO2/c1-2-3-4-5-6-7-8-9-10-11-12-13-14-15-16-17-18(19)20;1-10(2,6-11)9(15)7(12)4-3-5-8(13)14;9-7(8(10)11)6-4-2-1-3-5-6;1-2-3-4-5-6-7-8(9)10;1-6(2,3-7)4(8)5(9)10;1-2-3-4-5-6(7)8;1-5(10,4(8)9)2-3(6)7;2*5-3(6)1-2-4(7)8;4-1-2(5)3(6)7;2*1-2(4)3(5)6;1-2-3(4)5;4*2-1-3/h2-17H2,1H3,(H,19,20);9,11,15H,3-6H2,1-2H3,(H,13,14);1-5,7,9H,(H,10,11);2-7H2,1H3,(H,9,10);4,7-8H,3H2,1-2H3,(H,9,10);2-5H,1H3,(H,7,8);10H,2H2,1H3,(H,6,7)(H,8,9);2*1-2H,(H,5,6)(H,7,8);2,4-5H,1H2,(H,6,7);2*2,4H,1H3,(H,5,6);2H,1H2,(H,4,5);;;;/b;;;;;3-2+,5-4+;;2*2-1-;;;;;;;;/t;9-;7-;;4-;;;;;3*2-;;;;;/m.00.0....000...../s1. The first kappa shape index (κ1) is 159. The Morgan fingerprint density at radius 2 is 0.610 bits per heavy atom. The molecule has 0 aliphatic carbocycles. The molecular formula is C85H136O51. The molecule has 136 heavy (non-hydrogen) atoms. The summed E-state index contributed by atoms with van der Waals surface area (Å²) in [6.07, 6.45) is 27.3. The third-order valence-corrected chi connectivity index (χ3v) is 14.1. The van der Waals surface area contributed by atoms with Crippen molar-refractivity contribution in [1.29, 1.82) is 0 Å². The van der Waals surface area contributed by atoms with Gasteiger partial charge in [-0.25, -0.2) is 57.5 Å². The Labute approximate surface area is 782 Å². The normalized spacial score (nSPS) is 11.2. The fourth-order valence-electron chi connectivity index (χ4n) is 6.78. The highest BCUT2D eigenvalue weighted by Crippen LogP contribution is 2.22. The van der Waals surface area contributed by atoms with E-state index in [-0.39, 0.29) is 57.1 Å². The van der Waals surface area contributed by atoms with E-state index in [1.807, 2.05) is 6.92 Å². The number of unbranched alkanes of at least 4 members (excludes halogenated alkanes) is 18. The zero-order chi connectivity index (χ0) is 111. The van der Waals surface area contributed by atoms with Gasteiger partial charge >= 0.3 is 120 Å². The van der Waals surface area contributed by atoms with Crippen LogP contribution in [-0.2, 0) is 120 Å². The van der Waals surface area contributed by atoms with Gasteiger partial charge in [0.2, 0.25) is 0 Å². The lowest BCUT2D eigenvalue weighted by Crippen LogP contribution is -2.39. The minimum atomic E-state index is -2.16. The van der Waals surface area contributed by atoms with Gasteiger partial charge in [0.25, 0.3) is 0 Å². The van der Waals surface area contributed by atoms with Crippen LogP contribution in [0, 0.1) is 10.8 Å². The van der Waals surface area contributed by atoms with Crippen molar-refractivity contribution < 1.29 is 253 Å². The fraction of sp³-hybridized carbons (Fsp3) is 0.565.